The molecule has 3 rings (SSSR count). The highest BCUT2D eigenvalue weighted by atomic mass is 35.5. The van der Waals surface area contributed by atoms with Crippen molar-refractivity contribution < 1.29 is 18.0 Å². The molecule has 0 aliphatic rings. The molecule has 0 fully saturated rings. The fraction of sp³-hybridized carbons (Fsp3) is 0.333. The van der Waals surface area contributed by atoms with Gasteiger partial charge in [-0.2, -0.15) is 12.7 Å². The quantitative estimate of drug-likeness (QED) is 0.321. The van der Waals surface area contributed by atoms with Crippen molar-refractivity contribution >= 4 is 50.9 Å². The zero-order chi connectivity index (χ0) is 30.4. The molecule has 0 saturated heterocycles. The van der Waals surface area contributed by atoms with Crippen LogP contribution in [-0.2, 0) is 32.8 Å². The van der Waals surface area contributed by atoms with Gasteiger partial charge in [0.05, 0.1) is 5.69 Å². The Morgan fingerprint density at radius 3 is 1.90 bits per heavy atom. The maximum absolute atomic E-state index is 14.3. The summed E-state index contributed by atoms with van der Waals surface area (Å²) < 4.78 is 28.9. The minimum absolute atomic E-state index is 0.114. The van der Waals surface area contributed by atoms with Crippen molar-refractivity contribution in [1.29, 1.82) is 0 Å². The molecular weight excluding hydrogens is 583 g/mol. The predicted octanol–water partition coefficient (Wildman–Crippen LogP) is 5.16. The predicted molar refractivity (Wildman–Crippen MR) is 165 cm³/mol. The van der Waals surface area contributed by atoms with E-state index in [2.05, 4.69) is 5.32 Å². The molecule has 220 valence electrons. The molecule has 0 spiro atoms. The van der Waals surface area contributed by atoms with Gasteiger partial charge in [0.2, 0.25) is 11.8 Å². The summed E-state index contributed by atoms with van der Waals surface area (Å²) in [7, 11) is -1.29. The summed E-state index contributed by atoms with van der Waals surface area (Å²) in [5.74, 6) is -0.986. The Bertz CT molecular complexity index is 1430. The Balaban J connectivity index is 2.14. The van der Waals surface area contributed by atoms with Crippen molar-refractivity contribution in [3.8, 4) is 0 Å². The van der Waals surface area contributed by atoms with Crippen LogP contribution in [0.2, 0.25) is 10.0 Å². The number of halogens is 2. The van der Waals surface area contributed by atoms with Gasteiger partial charge in [-0.1, -0.05) is 77.8 Å². The first-order chi connectivity index (χ1) is 19.2. The Labute approximate surface area is 253 Å². The molecule has 0 unspecified atom stereocenters. The van der Waals surface area contributed by atoms with Crippen LogP contribution in [0.25, 0.3) is 0 Å². The summed E-state index contributed by atoms with van der Waals surface area (Å²) in [6, 6.07) is 21.7. The van der Waals surface area contributed by atoms with Gasteiger partial charge in [-0.3, -0.25) is 9.59 Å². The number of para-hydroxylation sites is 1. The summed E-state index contributed by atoms with van der Waals surface area (Å²) in [6.45, 7) is 4.88. The van der Waals surface area contributed by atoms with E-state index in [0.29, 0.717) is 21.3 Å². The van der Waals surface area contributed by atoms with Crippen LogP contribution < -0.4 is 9.62 Å². The van der Waals surface area contributed by atoms with Crippen LogP contribution in [-0.4, -0.2) is 61.7 Å². The highest BCUT2D eigenvalue weighted by Crippen LogP contribution is 2.28. The zero-order valence-corrected chi connectivity index (χ0v) is 26.2. The van der Waals surface area contributed by atoms with Gasteiger partial charge >= 0.3 is 10.2 Å². The van der Waals surface area contributed by atoms with Gasteiger partial charge in [-0.05, 0) is 50.6 Å². The number of hydrogen-bond donors (Lipinski definition) is 1. The van der Waals surface area contributed by atoms with Gasteiger partial charge in [0.1, 0.15) is 12.6 Å². The summed E-state index contributed by atoms with van der Waals surface area (Å²) in [5, 5.41) is 3.63. The van der Waals surface area contributed by atoms with E-state index in [-0.39, 0.29) is 18.9 Å². The first-order valence-electron chi connectivity index (χ1n) is 13.0. The summed E-state index contributed by atoms with van der Waals surface area (Å²) in [6.07, 6.45) is 0.183. The van der Waals surface area contributed by atoms with E-state index in [1.807, 2.05) is 51.1 Å². The number of amides is 2. The lowest BCUT2D eigenvalue weighted by Crippen LogP contribution is -2.56. The number of benzene rings is 3. The lowest BCUT2D eigenvalue weighted by atomic mass is 10.0. The van der Waals surface area contributed by atoms with Crippen LogP contribution >= 0.6 is 23.2 Å². The topological polar surface area (TPSA) is 90.0 Å². The molecule has 2 amide bonds. The standard InChI is InChI=1S/C30H36Cl2N4O4S/c1-30(2,3)33-29(38)27(19-22-13-8-6-9-14-22)35(20-24-25(31)17-12-18-26(24)32)28(37)21-36(41(39,40)34(4)5)23-15-10-7-11-16-23/h6-18,27H,19-21H2,1-5H3,(H,33,38)/t27-/m0/s1. The van der Waals surface area contributed by atoms with E-state index in [1.165, 1.54) is 19.0 Å². The van der Waals surface area contributed by atoms with Crippen LogP contribution in [0.15, 0.2) is 78.9 Å². The Kier molecular flexibility index (Phi) is 10.8. The van der Waals surface area contributed by atoms with E-state index in [4.69, 9.17) is 23.2 Å². The molecule has 0 aromatic heterocycles. The van der Waals surface area contributed by atoms with E-state index in [9.17, 15) is 18.0 Å². The van der Waals surface area contributed by atoms with E-state index < -0.39 is 34.2 Å². The van der Waals surface area contributed by atoms with E-state index >= 15 is 0 Å². The molecule has 1 N–H and O–H groups in total. The number of nitrogens with zero attached hydrogens (tertiary/aromatic N) is 3. The van der Waals surface area contributed by atoms with Crippen molar-refractivity contribution in [2.75, 3.05) is 24.9 Å². The van der Waals surface area contributed by atoms with Crippen molar-refractivity contribution in [2.24, 2.45) is 0 Å². The lowest BCUT2D eigenvalue weighted by Gasteiger charge is -2.36. The fourth-order valence-electron chi connectivity index (χ4n) is 4.17. The smallest absolute Gasteiger partial charge is 0.304 e. The molecule has 3 aromatic rings. The number of carbonyl (C=O) groups excluding carboxylic acids is 2. The molecule has 8 nitrogen and oxygen atoms in total. The molecule has 1 atom stereocenters. The monoisotopic (exact) mass is 618 g/mol. The average molecular weight is 620 g/mol. The van der Waals surface area contributed by atoms with Gasteiger partial charge in [0, 0.05) is 48.2 Å². The van der Waals surface area contributed by atoms with Crippen LogP contribution in [0, 0.1) is 0 Å². The maximum Gasteiger partial charge on any atom is 0.304 e. The van der Waals surface area contributed by atoms with Crippen LogP contribution in [0.3, 0.4) is 0 Å². The fourth-order valence-corrected chi connectivity index (χ4v) is 5.74. The minimum atomic E-state index is -4.08. The van der Waals surface area contributed by atoms with Gasteiger partial charge < -0.3 is 10.2 Å². The number of hydrogen-bond acceptors (Lipinski definition) is 4. The van der Waals surface area contributed by atoms with Gasteiger partial charge in [0.15, 0.2) is 0 Å². The van der Waals surface area contributed by atoms with Crippen LogP contribution in [0.1, 0.15) is 31.9 Å². The lowest BCUT2D eigenvalue weighted by molar-refractivity contribution is -0.140. The third-order valence-electron chi connectivity index (χ3n) is 6.22. The van der Waals surface area contributed by atoms with Crippen molar-refractivity contribution in [3.05, 3.63) is 100 Å². The zero-order valence-electron chi connectivity index (χ0n) is 23.8. The molecular formula is C30H36Cl2N4O4S. The highest BCUT2D eigenvalue weighted by Gasteiger charge is 2.36. The Morgan fingerprint density at radius 2 is 1.39 bits per heavy atom. The Hall–Kier alpha value is -3.11. The first kappa shape index (κ1) is 32.4. The number of carbonyl (C=O) groups is 2. The SMILES string of the molecule is CN(C)S(=O)(=O)N(CC(=O)N(Cc1c(Cl)cccc1Cl)[C@@H](Cc1ccccc1)C(=O)NC(C)(C)C)c1ccccc1. The molecule has 0 saturated carbocycles. The molecule has 11 heteroatoms. The summed E-state index contributed by atoms with van der Waals surface area (Å²) >= 11 is 13.0. The number of rotatable bonds is 11. The minimum Gasteiger partial charge on any atom is -0.350 e. The van der Waals surface area contributed by atoms with Gasteiger partial charge in [-0.25, -0.2) is 4.31 Å². The first-order valence-corrected chi connectivity index (χ1v) is 15.2. The van der Waals surface area contributed by atoms with E-state index in [1.54, 1.807) is 48.5 Å². The summed E-state index contributed by atoms with van der Waals surface area (Å²) in [5.41, 5.74) is 0.995. The summed E-state index contributed by atoms with van der Waals surface area (Å²) in [4.78, 5) is 29.4. The molecule has 0 aliphatic heterocycles. The third kappa shape index (κ3) is 8.69. The molecule has 0 bridgehead atoms. The second-order valence-corrected chi connectivity index (χ2v) is 13.7. The largest absolute Gasteiger partial charge is 0.350 e. The maximum atomic E-state index is 14.3. The molecule has 3 aromatic carbocycles. The van der Waals surface area contributed by atoms with Crippen molar-refractivity contribution in [3.63, 3.8) is 0 Å². The van der Waals surface area contributed by atoms with Gasteiger partial charge in [0.25, 0.3) is 0 Å². The molecule has 0 heterocycles. The second-order valence-electron chi connectivity index (χ2n) is 10.8. The average Bonchev–Trinajstić information content (AvgIpc) is 2.90. The molecule has 0 aliphatic carbocycles. The third-order valence-corrected chi connectivity index (χ3v) is 8.75. The van der Waals surface area contributed by atoms with Crippen LogP contribution in [0.5, 0.6) is 0 Å². The molecule has 41 heavy (non-hydrogen) atoms. The number of anilines is 1. The normalized spacial score (nSPS) is 12.6. The van der Waals surface area contributed by atoms with Gasteiger partial charge in [-0.15, -0.1) is 0 Å². The molecule has 0 radical (unpaired) electrons. The highest BCUT2D eigenvalue weighted by molar-refractivity contribution is 7.90. The number of nitrogens with one attached hydrogen (secondary N) is 1. The second kappa shape index (κ2) is 13.7. The van der Waals surface area contributed by atoms with E-state index in [0.717, 1.165) is 14.2 Å². The Morgan fingerprint density at radius 1 is 0.854 bits per heavy atom. The van der Waals surface area contributed by atoms with Crippen molar-refractivity contribution in [2.45, 2.75) is 45.3 Å². The van der Waals surface area contributed by atoms with Crippen molar-refractivity contribution in [1.82, 2.24) is 14.5 Å². The van der Waals surface area contributed by atoms with Crippen LogP contribution in [0.4, 0.5) is 5.69 Å².